The quantitative estimate of drug-likeness (QED) is 0.857. The molecule has 1 unspecified atom stereocenters. The fourth-order valence-electron chi connectivity index (χ4n) is 3.95. The minimum Gasteiger partial charge on any atom is -0.489 e. The predicted molar refractivity (Wildman–Crippen MR) is 102 cm³/mol. The molecular formula is C22H24N2O3. The van der Waals surface area contributed by atoms with Gasteiger partial charge < -0.3 is 15.4 Å². The van der Waals surface area contributed by atoms with Gasteiger partial charge in [0.05, 0.1) is 5.41 Å². The molecular weight excluding hydrogens is 340 g/mol. The van der Waals surface area contributed by atoms with Crippen molar-refractivity contribution in [1.29, 1.82) is 0 Å². The van der Waals surface area contributed by atoms with Gasteiger partial charge in [0.2, 0.25) is 11.8 Å². The Morgan fingerprint density at radius 1 is 1.07 bits per heavy atom. The molecule has 2 aliphatic rings. The van der Waals surface area contributed by atoms with Gasteiger partial charge in [0.25, 0.3) is 0 Å². The minimum absolute atomic E-state index is 0.00301. The van der Waals surface area contributed by atoms with Crippen LogP contribution in [0.4, 0.5) is 0 Å². The molecule has 1 aliphatic carbocycles. The van der Waals surface area contributed by atoms with Crippen molar-refractivity contribution < 1.29 is 14.3 Å². The summed E-state index contributed by atoms with van der Waals surface area (Å²) in [5, 5.41) is 0. The van der Waals surface area contributed by atoms with E-state index in [-0.39, 0.29) is 11.8 Å². The van der Waals surface area contributed by atoms with Crippen LogP contribution in [0.5, 0.6) is 5.75 Å². The lowest BCUT2D eigenvalue weighted by atomic mass is 9.81. The lowest BCUT2D eigenvalue weighted by Gasteiger charge is -2.28. The lowest BCUT2D eigenvalue weighted by Crippen LogP contribution is -2.50. The molecule has 5 nitrogen and oxygen atoms in total. The largest absolute Gasteiger partial charge is 0.489 e. The number of hydrogen-bond acceptors (Lipinski definition) is 3. The van der Waals surface area contributed by atoms with E-state index < -0.39 is 11.0 Å². The number of benzene rings is 2. The highest BCUT2D eigenvalue weighted by atomic mass is 16.5. The molecule has 0 bridgehead atoms. The van der Waals surface area contributed by atoms with Gasteiger partial charge in [-0.3, -0.25) is 9.59 Å². The Kier molecular flexibility index (Phi) is 4.17. The third kappa shape index (κ3) is 2.97. The molecule has 0 aromatic heterocycles. The topological polar surface area (TPSA) is 72.6 Å². The Balaban J connectivity index is 1.47. The Bertz CT molecular complexity index is 859. The summed E-state index contributed by atoms with van der Waals surface area (Å²) in [6.45, 7) is 3.03. The molecule has 140 valence electrons. The van der Waals surface area contributed by atoms with Crippen LogP contribution in [0.15, 0.2) is 54.6 Å². The number of hydrogen-bond donors (Lipinski definition) is 1. The molecule has 2 aromatic rings. The third-order valence-electron chi connectivity index (χ3n) is 5.99. The van der Waals surface area contributed by atoms with Crippen LogP contribution in [0, 0.1) is 0 Å². The summed E-state index contributed by atoms with van der Waals surface area (Å²) >= 11 is 0. The molecule has 27 heavy (non-hydrogen) atoms. The van der Waals surface area contributed by atoms with Crippen molar-refractivity contribution in [1.82, 2.24) is 4.90 Å². The zero-order chi connectivity index (χ0) is 19.1. The zero-order valence-corrected chi connectivity index (χ0v) is 15.5. The second-order valence-electron chi connectivity index (χ2n) is 7.73. The molecule has 5 heteroatoms. The number of ether oxygens (including phenoxy) is 1. The predicted octanol–water partition coefficient (Wildman–Crippen LogP) is 2.77. The van der Waals surface area contributed by atoms with Gasteiger partial charge in [0.15, 0.2) is 0 Å². The summed E-state index contributed by atoms with van der Waals surface area (Å²) < 4.78 is 5.83. The van der Waals surface area contributed by atoms with Crippen LogP contribution >= 0.6 is 0 Å². The van der Waals surface area contributed by atoms with Gasteiger partial charge in [0.1, 0.15) is 17.9 Å². The second-order valence-corrected chi connectivity index (χ2v) is 7.73. The van der Waals surface area contributed by atoms with E-state index in [1.54, 1.807) is 4.90 Å². The van der Waals surface area contributed by atoms with Gasteiger partial charge in [0, 0.05) is 6.54 Å². The minimum atomic E-state index is -0.742. The Labute approximate surface area is 159 Å². The molecule has 4 rings (SSSR count). The van der Waals surface area contributed by atoms with Gasteiger partial charge in [-0.1, -0.05) is 42.5 Å². The molecule has 2 N–H and O–H groups in total. The first-order chi connectivity index (χ1) is 13.0. The summed E-state index contributed by atoms with van der Waals surface area (Å²) in [5.74, 6) is 0.380. The monoisotopic (exact) mass is 364 g/mol. The van der Waals surface area contributed by atoms with Crippen LogP contribution < -0.4 is 10.5 Å². The number of carbonyl (C=O) groups is 2. The number of nitrogens with zero attached hydrogens (tertiary/aromatic N) is 1. The average molecular weight is 364 g/mol. The highest BCUT2D eigenvalue weighted by molar-refractivity contribution is 5.98. The van der Waals surface area contributed by atoms with Crippen LogP contribution in [-0.2, 0) is 21.6 Å². The van der Waals surface area contributed by atoms with Gasteiger partial charge >= 0.3 is 0 Å². The van der Waals surface area contributed by atoms with Crippen LogP contribution in [0.2, 0.25) is 0 Å². The van der Waals surface area contributed by atoms with E-state index in [0.29, 0.717) is 32.4 Å². The maximum absolute atomic E-state index is 13.1. The number of nitrogens with two attached hydrogens (primary N) is 1. The molecule has 1 atom stereocenters. The summed E-state index contributed by atoms with van der Waals surface area (Å²) in [7, 11) is 0. The fraction of sp³-hybridized carbons (Fsp3) is 0.364. The second kappa shape index (κ2) is 6.41. The first kappa shape index (κ1) is 17.6. The van der Waals surface area contributed by atoms with Crippen molar-refractivity contribution in [3.05, 3.63) is 65.7 Å². The van der Waals surface area contributed by atoms with Gasteiger partial charge in [-0.25, -0.2) is 0 Å². The molecule has 1 heterocycles. The summed E-state index contributed by atoms with van der Waals surface area (Å²) in [4.78, 5) is 26.6. The zero-order valence-electron chi connectivity index (χ0n) is 15.5. The smallest absolute Gasteiger partial charge is 0.243 e. The maximum Gasteiger partial charge on any atom is 0.243 e. The van der Waals surface area contributed by atoms with E-state index in [4.69, 9.17) is 10.5 Å². The van der Waals surface area contributed by atoms with Crippen LogP contribution in [-0.4, -0.2) is 28.8 Å². The summed E-state index contributed by atoms with van der Waals surface area (Å²) in [6, 6.07) is 17.7. The van der Waals surface area contributed by atoms with Crippen molar-refractivity contribution >= 4 is 11.8 Å². The van der Waals surface area contributed by atoms with E-state index in [0.717, 1.165) is 16.9 Å². The van der Waals surface area contributed by atoms with E-state index in [1.807, 2.05) is 61.5 Å². The van der Waals surface area contributed by atoms with E-state index >= 15 is 0 Å². The van der Waals surface area contributed by atoms with Gasteiger partial charge in [-0.15, -0.1) is 0 Å². The molecule has 0 spiro atoms. The first-order valence-electron chi connectivity index (χ1n) is 9.35. The van der Waals surface area contributed by atoms with Crippen LogP contribution in [0.1, 0.15) is 37.3 Å². The van der Waals surface area contributed by atoms with Crippen molar-refractivity contribution in [3.63, 3.8) is 0 Å². The van der Waals surface area contributed by atoms with Crippen molar-refractivity contribution in [3.8, 4) is 5.75 Å². The Hall–Kier alpha value is -2.82. The van der Waals surface area contributed by atoms with E-state index in [1.165, 1.54) is 0 Å². The molecule has 1 saturated heterocycles. The van der Waals surface area contributed by atoms with E-state index in [2.05, 4.69) is 0 Å². The standard InChI is InChI=1S/C22H24N2O3/c1-21(13-14-24(20(21)26)22(11-12-22)19(23)25)17-7-9-18(10-8-17)27-15-16-5-3-2-4-6-16/h2-10H,11-15H2,1H3,(H2,23,25). The molecule has 1 saturated carbocycles. The number of primary amides is 1. The summed E-state index contributed by atoms with van der Waals surface area (Å²) in [6.07, 6.45) is 2.04. The van der Waals surface area contributed by atoms with Gasteiger partial charge in [-0.2, -0.15) is 0 Å². The fourth-order valence-corrected chi connectivity index (χ4v) is 3.95. The third-order valence-corrected chi connectivity index (χ3v) is 5.99. The number of carbonyl (C=O) groups excluding carboxylic acids is 2. The first-order valence-corrected chi connectivity index (χ1v) is 9.35. The normalized spacial score (nSPS) is 23.3. The number of rotatable bonds is 6. The molecule has 0 radical (unpaired) electrons. The molecule has 2 aromatic carbocycles. The molecule has 2 fully saturated rings. The maximum atomic E-state index is 13.1. The summed E-state index contributed by atoms with van der Waals surface area (Å²) in [5.41, 5.74) is 6.24. The number of likely N-dealkylation sites (tertiary alicyclic amines) is 1. The van der Waals surface area contributed by atoms with Crippen molar-refractivity contribution in [2.45, 2.75) is 43.7 Å². The lowest BCUT2D eigenvalue weighted by molar-refractivity contribution is -0.140. The van der Waals surface area contributed by atoms with Crippen molar-refractivity contribution in [2.75, 3.05) is 6.54 Å². The van der Waals surface area contributed by atoms with Crippen molar-refractivity contribution in [2.24, 2.45) is 5.73 Å². The van der Waals surface area contributed by atoms with E-state index in [9.17, 15) is 9.59 Å². The van der Waals surface area contributed by atoms with Crippen LogP contribution in [0.3, 0.4) is 0 Å². The average Bonchev–Trinajstić information content (AvgIpc) is 3.44. The number of amides is 2. The van der Waals surface area contributed by atoms with Gasteiger partial charge in [-0.05, 0) is 49.4 Å². The molecule has 2 amide bonds. The highest BCUT2D eigenvalue weighted by Gasteiger charge is 2.60. The SMILES string of the molecule is CC1(c2ccc(OCc3ccccc3)cc2)CCN(C2(C(N)=O)CC2)C1=O. The molecule has 1 aliphatic heterocycles. The Morgan fingerprint density at radius 2 is 1.74 bits per heavy atom. The van der Waals surface area contributed by atoms with Crippen LogP contribution in [0.25, 0.3) is 0 Å². The highest BCUT2D eigenvalue weighted by Crippen LogP contribution is 2.48. The Morgan fingerprint density at radius 3 is 2.33 bits per heavy atom.